The van der Waals surface area contributed by atoms with Crippen molar-refractivity contribution < 1.29 is 27.7 Å². The number of likely N-dealkylation sites (N-methyl/N-ethyl adjacent to an activating group) is 1. The third-order valence-corrected chi connectivity index (χ3v) is 8.86. The van der Waals surface area contributed by atoms with Gasteiger partial charge >= 0.3 is 0 Å². The highest BCUT2D eigenvalue weighted by Crippen LogP contribution is 2.27. The molecule has 0 radical (unpaired) electrons. The first kappa shape index (κ1) is 32.7. The largest absolute Gasteiger partial charge is 0.497 e. The Labute approximate surface area is 262 Å². The lowest BCUT2D eigenvalue weighted by molar-refractivity contribution is -0.384. The number of rotatable bonds is 14. The van der Waals surface area contributed by atoms with Crippen molar-refractivity contribution in [2.24, 2.45) is 0 Å². The highest BCUT2D eigenvalue weighted by Gasteiger charge is 2.34. The number of carbonyl (C=O) groups excluding carboxylic acids is 2. The Morgan fingerprint density at radius 1 is 0.889 bits per heavy atom. The molecule has 0 heterocycles. The zero-order chi connectivity index (χ0) is 32.4. The molecule has 0 aliphatic rings. The van der Waals surface area contributed by atoms with Crippen molar-refractivity contribution in [2.45, 2.75) is 30.8 Å². The van der Waals surface area contributed by atoms with E-state index in [0.29, 0.717) is 17.9 Å². The van der Waals surface area contributed by atoms with E-state index >= 15 is 0 Å². The molecular formula is C33H34N4O7S. The minimum absolute atomic E-state index is 0.0237. The number of amides is 2. The quantitative estimate of drug-likeness (QED) is 0.159. The predicted octanol–water partition coefficient (Wildman–Crippen LogP) is 4.57. The van der Waals surface area contributed by atoms with E-state index in [2.05, 4.69) is 5.32 Å². The maximum atomic E-state index is 14.4. The number of nitrogens with zero attached hydrogens (tertiary/aromatic N) is 3. The number of methoxy groups -OCH3 is 1. The minimum Gasteiger partial charge on any atom is -0.497 e. The summed E-state index contributed by atoms with van der Waals surface area (Å²) < 4.78 is 34.2. The lowest BCUT2D eigenvalue weighted by Gasteiger charge is -2.33. The van der Waals surface area contributed by atoms with Gasteiger partial charge in [-0.05, 0) is 54.4 Å². The number of hydrogen-bond acceptors (Lipinski definition) is 7. The van der Waals surface area contributed by atoms with Gasteiger partial charge in [-0.3, -0.25) is 24.0 Å². The van der Waals surface area contributed by atoms with Crippen LogP contribution in [-0.4, -0.2) is 56.3 Å². The van der Waals surface area contributed by atoms with Crippen LogP contribution in [0.25, 0.3) is 0 Å². The third kappa shape index (κ3) is 8.24. The van der Waals surface area contributed by atoms with Gasteiger partial charge in [-0.25, -0.2) is 8.42 Å². The van der Waals surface area contributed by atoms with Gasteiger partial charge in [-0.15, -0.1) is 0 Å². The molecule has 45 heavy (non-hydrogen) atoms. The van der Waals surface area contributed by atoms with Crippen LogP contribution in [0, 0.1) is 10.1 Å². The Morgan fingerprint density at radius 3 is 2.11 bits per heavy atom. The van der Waals surface area contributed by atoms with Crippen LogP contribution in [0.15, 0.2) is 114 Å². The van der Waals surface area contributed by atoms with Gasteiger partial charge in [0.1, 0.15) is 18.3 Å². The molecule has 4 aromatic rings. The van der Waals surface area contributed by atoms with E-state index in [9.17, 15) is 28.1 Å². The molecule has 0 aliphatic carbocycles. The monoisotopic (exact) mass is 630 g/mol. The zero-order valence-electron chi connectivity index (χ0n) is 24.9. The van der Waals surface area contributed by atoms with Crippen molar-refractivity contribution in [3.05, 3.63) is 130 Å². The summed E-state index contributed by atoms with van der Waals surface area (Å²) in [6.45, 7) is 1.39. The summed E-state index contributed by atoms with van der Waals surface area (Å²) >= 11 is 0. The highest BCUT2D eigenvalue weighted by atomic mass is 32.2. The fourth-order valence-electron chi connectivity index (χ4n) is 4.80. The summed E-state index contributed by atoms with van der Waals surface area (Å²) in [5.74, 6) is -0.495. The van der Waals surface area contributed by atoms with Gasteiger partial charge in [0.2, 0.25) is 11.8 Å². The predicted molar refractivity (Wildman–Crippen MR) is 170 cm³/mol. The first-order valence-electron chi connectivity index (χ1n) is 14.2. The van der Waals surface area contributed by atoms with Crippen molar-refractivity contribution in [3.8, 4) is 5.75 Å². The number of non-ortho nitro benzene ring substituents is 1. The molecule has 11 nitrogen and oxygen atoms in total. The Kier molecular flexibility index (Phi) is 10.9. The molecule has 0 saturated carbocycles. The van der Waals surface area contributed by atoms with Crippen molar-refractivity contribution in [1.82, 2.24) is 10.2 Å². The van der Waals surface area contributed by atoms with Crippen LogP contribution < -0.4 is 14.4 Å². The van der Waals surface area contributed by atoms with Gasteiger partial charge in [-0.1, -0.05) is 60.7 Å². The second kappa shape index (κ2) is 15.0. The Balaban J connectivity index is 1.81. The molecule has 0 unspecified atom stereocenters. The molecule has 2 amide bonds. The summed E-state index contributed by atoms with van der Waals surface area (Å²) in [4.78, 5) is 39.9. The number of nitro benzene ring substituents is 1. The fraction of sp³-hybridized carbons (Fsp3) is 0.212. The van der Waals surface area contributed by atoms with Gasteiger partial charge in [-0.2, -0.15) is 0 Å². The number of nitro groups is 1. The van der Waals surface area contributed by atoms with Crippen molar-refractivity contribution in [2.75, 3.05) is 24.5 Å². The van der Waals surface area contributed by atoms with Crippen LogP contribution in [0.5, 0.6) is 5.75 Å². The number of hydrogen-bond donors (Lipinski definition) is 1. The minimum atomic E-state index is -4.32. The SMILES string of the molecule is CCNC(=O)[C@H](Cc1ccccc1)N(Cc1cccc(OC)c1)C(=O)CN(c1ccc([N+](=O)[O-])cc1)S(=O)(=O)c1ccccc1. The maximum absolute atomic E-state index is 14.4. The smallest absolute Gasteiger partial charge is 0.269 e. The Bertz CT molecular complexity index is 1720. The third-order valence-electron chi connectivity index (χ3n) is 7.07. The molecule has 0 aliphatic heterocycles. The number of anilines is 1. The first-order chi connectivity index (χ1) is 21.6. The average molecular weight is 631 g/mol. The molecule has 1 atom stereocenters. The normalized spacial score (nSPS) is 11.7. The van der Waals surface area contributed by atoms with Crippen LogP contribution in [0.2, 0.25) is 0 Å². The number of nitrogens with one attached hydrogen (secondary N) is 1. The summed E-state index contributed by atoms with van der Waals surface area (Å²) in [6, 6.07) is 27.8. The van der Waals surface area contributed by atoms with Crippen LogP contribution in [-0.2, 0) is 32.6 Å². The molecule has 4 aromatic carbocycles. The van der Waals surface area contributed by atoms with Crippen LogP contribution in [0.4, 0.5) is 11.4 Å². The summed E-state index contributed by atoms with van der Waals surface area (Å²) in [6.07, 6.45) is 0.172. The van der Waals surface area contributed by atoms with E-state index in [1.807, 2.05) is 30.3 Å². The fourth-order valence-corrected chi connectivity index (χ4v) is 6.24. The van der Waals surface area contributed by atoms with Crippen LogP contribution in [0.3, 0.4) is 0 Å². The molecular weight excluding hydrogens is 596 g/mol. The summed E-state index contributed by atoms with van der Waals surface area (Å²) in [5.41, 5.74) is 1.29. The molecule has 0 saturated heterocycles. The standard InChI is InChI=1S/C33H34N4O7S/c1-3-34-33(39)31(22-25-11-6-4-7-12-25)35(23-26-13-10-14-29(21-26)44-2)32(38)24-36(27-17-19-28(20-18-27)37(40)41)45(42,43)30-15-8-5-9-16-30/h4-21,31H,3,22-24H2,1-2H3,(H,34,39)/t31-/m0/s1. The topological polar surface area (TPSA) is 139 Å². The molecule has 1 N–H and O–H groups in total. The lowest BCUT2D eigenvalue weighted by Crippen LogP contribution is -2.53. The summed E-state index contributed by atoms with van der Waals surface area (Å²) in [5, 5.41) is 14.1. The van der Waals surface area contributed by atoms with Crippen molar-refractivity contribution >= 4 is 33.2 Å². The van der Waals surface area contributed by atoms with E-state index in [4.69, 9.17) is 4.74 Å². The maximum Gasteiger partial charge on any atom is 0.269 e. The molecule has 0 bridgehead atoms. The first-order valence-corrected chi connectivity index (χ1v) is 15.6. The van der Waals surface area contributed by atoms with Gasteiger partial charge < -0.3 is 15.0 Å². The molecule has 12 heteroatoms. The molecule has 234 valence electrons. The van der Waals surface area contributed by atoms with Gasteiger partial charge in [0.25, 0.3) is 15.7 Å². The molecule has 0 aromatic heterocycles. The van der Waals surface area contributed by atoms with Gasteiger partial charge in [0, 0.05) is 31.6 Å². The Hall–Kier alpha value is -5.23. The average Bonchev–Trinajstić information content (AvgIpc) is 3.06. The number of benzene rings is 4. The van der Waals surface area contributed by atoms with E-state index in [1.165, 1.54) is 48.4 Å². The van der Waals surface area contributed by atoms with Crippen molar-refractivity contribution in [1.29, 1.82) is 0 Å². The van der Waals surface area contributed by atoms with Crippen LogP contribution in [0.1, 0.15) is 18.1 Å². The van der Waals surface area contributed by atoms with E-state index in [-0.39, 0.29) is 29.2 Å². The summed E-state index contributed by atoms with van der Waals surface area (Å²) in [7, 11) is -2.80. The van der Waals surface area contributed by atoms with E-state index < -0.39 is 39.3 Å². The van der Waals surface area contributed by atoms with Crippen LogP contribution >= 0.6 is 0 Å². The van der Waals surface area contributed by atoms with E-state index in [0.717, 1.165) is 9.87 Å². The second-order valence-corrected chi connectivity index (χ2v) is 11.9. The molecule has 4 rings (SSSR count). The second-order valence-electron chi connectivity index (χ2n) is 10.1. The number of ether oxygens (including phenoxy) is 1. The van der Waals surface area contributed by atoms with E-state index in [1.54, 1.807) is 49.4 Å². The molecule has 0 fully saturated rings. The lowest BCUT2D eigenvalue weighted by atomic mass is 10.0. The molecule has 0 spiro atoms. The van der Waals surface area contributed by atoms with Gasteiger partial charge in [0.15, 0.2) is 0 Å². The Morgan fingerprint density at radius 2 is 1.51 bits per heavy atom. The highest BCUT2D eigenvalue weighted by molar-refractivity contribution is 7.92. The zero-order valence-corrected chi connectivity index (χ0v) is 25.7. The van der Waals surface area contributed by atoms with Gasteiger partial charge in [0.05, 0.1) is 22.6 Å². The number of sulfonamides is 1. The number of carbonyl (C=O) groups is 2. The van der Waals surface area contributed by atoms with Crippen molar-refractivity contribution in [3.63, 3.8) is 0 Å².